The fraction of sp³-hybridized carbons (Fsp3) is 0.600. The fourth-order valence-electron chi connectivity index (χ4n) is 3.83. The Morgan fingerprint density at radius 3 is 2.56 bits per heavy atom. The van der Waals surface area contributed by atoms with E-state index in [-0.39, 0.29) is 29.4 Å². The molecule has 2 aliphatic heterocycles. The van der Waals surface area contributed by atoms with Crippen LogP contribution in [0.4, 0.5) is 0 Å². The summed E-state index contributed by atoms with van der Waals surface area (Å²) in [4.78, 5) is 26.0. The molecule has 1 fully saturated rings. The highest BCUT2D eigenvalue weighted by Crippen LogP contribution is 2.40. The molecule has 1 unspecified atom stereocenters. The Hall–Kier alpha value is -2.04. The molecule has 5 heteroatoms. The average Bonchev–Trinajstić information content (AvgIpc) is 2.53. The highest BCUT2D eigenvalue weighted by Gasteiger charge is 2.36. The molecule has 0 aliphatic carbocycles. The molecule has 2 heterocycles. The van der Waals surface area contributed by atoms with Gasteiger partial charge >= 0.3 is 0 Å². The van der Waals surface area contributed by atoms with Crippen molar-refractivity contribution < 1.29 is 14.3 Å². The molecule has 1 atom stereocenters. The zero-order valence-corrected chi connectivity index (χ0v) is 15.6. The number of fused-ring (bicyclic) bond motifs is 1. The number of hydrogen-bond donors (Lipinski definition) is 1. The summed E-state index contributed by atoms with van der Waals surface area (Å²) in [6.07, 6.45) is 2.22. The maximum Gasteiger partial charge on any atom is 0.223 e. The van der Waals surface area contributed by atoms with Gasteiger partial charge in [0.25, 0.3) is 0 Å². The lowest BCUT2D eigenvalue weighted by Crippen LogP contribution is -2.45. The van der Waals surface area contributed by atoms with E-state index in [1.807, 2.05) is 17.9 Å². The van der Waals surface area contributed by atoms with Crippen molar-refractivity contribution in [1.82, 2.24) is 10.2 Å². The Labute approximate surface area is 149 Å². The number of piperidine rings is 1. The molecule has 1 N–H and O–H groups in total. The van der Waals surface area contributed by atoms with Gasteiger partial charge in [0.2, 0.25) is 11.8 Å². The summed E-state index contributed by atoms with van der Waals surface area (Å²) in [5.74, 6) is 1.04. The number of nitrogens with zero attached hydrogens (tertiary/aromatic N) is 1. The minimum atomic E-state index is -0.309. The van der Waals surface area contributed by atoms with Gasteiger partial charge in [-0.3, -0.25) is 9.59 Å². The van der Waals surface area contributed by atoms with Crippen LogP contribution in [0.15, 0.2) is 18.2 Å². The summed E-state index contributed by atoms with van der Waals surface area (Å²) in [5.41, 5.74) is 1.90. The van der Waals surface area contributed by atoms with Gasteiger partial charge in [0.05, 0.1) is 6.04 Å². The number of nitrogens with one attached hydrogen (secondary N) is 1. The second kappa shape index (κ2) is 6.70. The summed E-state index contributed by atoms with van der Waals surface area (Å²) >= 11 is 0. The summed E-state index contributed by atoms with van der Waals surface area (Å²) in [7, 11) is 0. The van der Waals surface area contributed by atoms with E-state index in [4.69, 9.17) is 4.74 Å². The molecule has 25 heavy (non-hydrogen) atoms. The standard InChI is InChI=1S/C20H28N2O3/c1-13-5-6-16-17(12-20(3,4)25-18(16)11-13)21-19(24)15-7-9-22(10-8-15)14(2)23/h5-6,11,15,17H,7-10,12H2,1-4H3,(H,21,24). The minimum absolute atomic E-state index is 0.0181. The van der Waals surface area contributed by atoms with Gasteiger partial charge in [-0.1, -0.05) is 12.1 Å². The molecule has 2 aliphatic rings. The third-order valence-electron chi connectivity index (χ3n) is 5.25. The zero-order valence-electron chi connectivity index (χ0n) is 15.6. The lowest BCUT2D eigenvalue weighted by Gasteiger charge is -2.39. The summed E-state index contributed by atoms with van der Waals surface area (Å²) in [6, 6.07) is 6.13. The van der Waals surface area contributed by atoms with Gasteiger partial charge in [0, 0.05) is 37.9 Å². The first-order valence-electron chi connectivity index (χ1n) is 9.10. The number of carbonyl (C=O) groups is 2. The van der Waals surface area contributed by atoms with Gasteiger partial charge in [0.15, 0.2) is 0 Å². The number of hydrogen-bond acceptors (Lipinski definition) is 3. The molecular weight excluding hydrogens is 316 g/mol. The van der Waals surface area contributed by atoms with Gasteiger partial charge in [-0.2, -0.15) is 0 Å². The summed E-state index contributed by atoms with van der Waals surface area (Å²) in [6.45, 7) is 9.08. The summed E-state index contributed by atoms with van der Waals surface area (Å²) < 4.78 is 6.10. The predicted octanol–water partition coefficient (Wildman–Crippen LogP) is 2.97. The molecule has 0 radical (unpaired) electrons. The lowest BCUT2D eigenvalue weighted by molar-refractivity contribution is -0.134. The molecule has 3 rings (SSSR count). The third-order valence-corrected chi connectivity index (χ3v) is 5.25. The van der Waals surface area contributed by atoms with Crippen molar-refractivity contribution in [2.75, 3.05) is 13.1 Å². The molecular formula is C20H28N2O3. The Morgan fingerprint density at radius 1 is 1.24 bits per heavy atom. The number of ether oxygens (including phenoxy) is 1. The SMILES string of the molecule is CC(=O)N1CCC(C(=O)NC2CC(C)(C)Oc3cc(C)ccc32)CC1. The van der Waals surface area contributed by atoms with Crippen LogP contribution in [0.2, 0.25) is 0 Å². The molecule has 0 saturated carbocycles. The highest BCUT2D eigenvalue weighted by molar-refractivity contribution is 5.80. The number of rotatable bonds is 2. The van der Waals surface area contributed by atoms with Crippen LogP contribution in [0.25, 0.3) is 0 Å². The number of carbonyl (C=O) groups excluding carboxylic acids is 2. The first kappa shape index (κ1) is 17.8. The van der Waals surface area contributed by atoms with Crippen molar-refractivity contribution in [3.63, 3.8) is 0 Å². The van der Waals surface area contributed by atoms with Crippen molar-refractivity contribution in [3.05, 3.63) is 29.3 Å². The topological polar surface area (TPSA) is 58.6 Å². The van der Waals surface area contributed by atoms with E-state index in [2.05, 4.69) is 31.3 Å². The van der Waals surface area contributed by atoms with E-state index < -0.39 is 0 Å². The number of aryl methyl sites for hydroxylation is 1. The Morgan fingerprint density at radius 2 is 1.92 bits per heavy atom. The van der Waals surface area contributed by atoms with Crippen molar-refractivity contribution in [2.24, 2.45) is 5.92 Å². The molecule has 5 nitrogen and oxygen atoms in total. The van der Waals surface area contributed by atoms with Crippen LogP contribution >= 0.6 is 0 Å². The predicted molar refractivity (Wildman–Crippen MR) is 96.4 cm³/mol. The molecule has 0 aromatic heterocycles. The van der Waals surface area contributed by atoms with Crippen LogP contribution in [-0.4, -0.2) is 35.4 Å². The highest BCUT2D eigenvalue weighted by atomic mass is 16.5. The molecule has 0 spiro atoms. The van der Waals surface area contributed by atoms with E-state index in [0.29, 0.717) is 13.1 Å². The van der Waals surface area contributed by atoms with Crippen LogP contribution in [0.3, 0.4) is 0 Å². The van der Waals surface area contributed by atoms with E-state index in [1.54, 1.807) is 6.92 Å². The first-order valence-corrected chi connectivity index (χ1v) is 9.10. The molecule has 1 aromatic carbocycles. The van der Waals surface area contributed by atoms with Crippen LogP contribution in [-0.2, 0) is 9.59 Å². The van der Waals surface area contributed by atoms with Crippen molar-refractivity contribution in [2.45, 2.75) is 58.6 Å². The van der Waals surface area contributed by atoms with Crippen molar-refractivity contribution in [3.8, 4) is 5.75 Å². The van der Waals surface area contributed by atoms with Gasteiger partial charge < -0.3 is 15.0 Å². The maximum absolute atomic E-state index is 12.8. The molecule has 1 aromatic rings. The van der Waals surface area contributed by atoms with E-state index in [0.717, 1.165) is 36.1 Å². The smallest absolute Gasteiger partial charge is 0.223 e. The monoisotopic (exact) mass is 344 g/mol. The second-order valence-corrected chi connectivity index (χ2v) is 7.95. The fourth-order valence-corrected chi connectivity index (χ4v) is 3.83. The van der Waals surface area contributed by atoms with E-state index in [1.165, 1.54) is 0 Å². The van der Waals surface area contributed by atoms with Crippen LogP contribution < -0.4 is 10.1 Å². The molecule has 1 saturated heterocycles. The van der Waals surface area contributed by atoms with Crippen molar-refractivity contribution >= 4 is 11.8 Å². The van der Waals surface area contributed by atoms with Crippen LogP contribution in [0.5, 0.6) is 5.75 Å². The van der Waals surface area contributed by atoms with Crippen molar-refractivity contribution in [1.29, 1.82) is 0 Å². The summed E-state index contributed by atoms with van der Waals surface area (Å²) in [5, 5.41) is 3.24. The second-order valence-electron chi connectivity index (χ2n) is 7.95. The quantitative estimate of drug-likeness (QED) is 0.897. The maximum atomic E-state index is 12.8. The Kier molecular flexibility index (Phi) is 4.76. The third kappa shape index (κ3) is 3.97. The number of benzene rings is 1. The number of likely N-dealkylation sites (tertiary alicyclic amines) is 1. The largest absolute Gasteiger partial charge is 0.487 e. The lowest BCUT2D eigenvalue weighted by atomic mass is 9.88. The Bertz CT molecular complexity index is 676. The average molecular weight is 344 g/mol. The van der Waals surface area contributed by atoms with Crippen LogP contribution in [0, 0.1) is 12.8 Å². The molecule has 136 valence electrons. The number of amides is 2. The van der Waals surface area contributed by atoms with Gasteiger partial charge in [-0.05, 0) is 45.2 Å². The van der Waals surface area contributed by atoms with Crippen LogP contribution in [0.1, 0.15) is 57.2 Å². The minimum Gasteiger partial charge on any atom is -0.487 e. The van der Waals surface area contributed by atoms with Gasteiger partial charge in [-0.25, -0.2) is 0 Å². The van der Waals surface area contributed by atoms with E-state index in [9.17, 15) is 9.59 Å². The van der Waals surface area contributed by atoms with E-state index >= 15 is 0 Å². The molecule has 0 bridgehead atoms. The first-order chi connectivity index (χ1) is 11.7. The normalized spacial score (nSPS) is 22.7. The van der Waals surface area contributed by atoms with Gasteiger partial charge in [-0.15, -0.1) is 0 Å². The zero-order chi connectivity index (χ0) is 18.2. The Balaban J connectivity index is 1.70. The van der Waals surface area contributed by atoms with Gasteiger partial charge in [0.1, 0.15) is 11.4 Å². The molecule has 2 amide bonds.